The number of fused-ring (bicyclic) bond motifs is 1. The van der Waals surface area contributed by atoms with Gasteiger partial charge in [-0.1, -0.05) is 30.3 Å². The smallest absolute Gasteiger partial charge is 0.228 e. The molecule has 0 radical (unpaired) electrons. The Labute approximate surface area is 102 Å². The van der Waals surface area contributed by atoms with Crippen molar-refractivity contribution < 1.29 is 4.79 Å². The highest BCUT2D eigenvalue weighted by Gasteiger charge is 2.37. The molecular formula is C14H18N2O. The van der Waals surface area contributed by atoms with Gasteiger partial charge in [-0.05, 0) is 37.3 Å². The van der Waals surface area contributed by atoms with Gasteiger partial charge in [0.05, 0.1) is 12.1 Å². The van der Waals surface area contributed by atoms with E-state index < -0.39 is 0 Å². The highest BCUT2D eigenvalue weighted by Crippen LogP contribution is 2.33. The Morgan fingerprint density at radius 1 is 1.18 bits per heavy atom. The van der Waals surface area contributed by atoms with E-state index in [2.05, 4.69) is 22.8 Å². The molecule has 0 saturated carbocycles. The van der Waals surface area contributed by atoms with Crippen LogP contribution in [0.5, 0.6) is 0 Å². The molecule has 0 spiro atoms. The number of piperidine rings is 2. The minimum absolute atomic E-state index is 0.0392. The van der Waals surface area contributed by atoms with Gasteiger partial charge in [-0.25, -0.2) is 0 Å². The summed E-state index contributed by atoms with van der Waals surface area (Å²) in [6, 6.07) is 10.1. The summed E-state index contributed by atoms with van der Waals surface area (Å²) in [6.07, 6.45) is 3.63. The molecule has 0 bridgehead atoms. The number of benzene rings is 1. The molecule has 0 aliphatic carbocycles. The van der Waals surface area contributed by atoms with Crippen molar-refractivity contribution in [1.82, 2.24) is 10.6 Å². The van der Waals surface area contributed by atoms with Crippen LogP contribution in [0.2, 0.25) is 0 Å². The average molecular weight is 230 g/mol. The van der Waals surface area contributed by atoms with E-state index in [4.69, 9.17) is 0 Å². The second-order valence-corrected chi connectivity index (χ2v) is 5.04. The molecular weight excluding hydrogens is 212 g/mol. The number of hydrogen-bond donors (Lipinski definition) is 2. The fraction of sp³-hybridized carbons (Fsp3) is 0.500. The maximum Gasteiger partial charge on any atom is 0.228 e. The maximum atomic E-state index is 12.1. The molecule has 17 heavy (non-hydrogen) atoms. The predicted molar refractivity (Wildman–Crippen MR) is 66.5 cm³/mol. The van der Waals surface area contributed by atoms with Gasteiger partial charge in [0, 0.05) is 0 Å². The average Bonchev–Trinajstić information content (AvgIpc) is 2.39. The molecule has 3 rings (SSSR count). The Morgan fingerprint density at radius 3 is 2.82 bits per heavy atom. The molecule has 3 atom stereocenters. The fourth-order valence-electron chi connectivity index (χ4n) is 3.01. The predicted octanol–water partition coefficient (Wildman–Crippen LogP) is 1.62. The van der Waals surface area contributed by atoms with Crippen molar-refractivity contribution in [2.75, 3.05) is 6.54 Å². The van der Waals surface area contributed by atoms with Crippen molar-refractivity contribution in [3.05, 3.63) is 35.9 Å². The minimum Gasteiger partial charge on any atom is -0.340 e. The van der Waals surface area contributed by atoms with Gasteiger partial charge in [-0.3, -0.25) is 10.1 Å². The lowest BCUT2D eigenvalue weighted by atomic mass is 9.79. The van der Waals surface area contributed by atoms with Crippen molar-refractivity contribution in [3.8, 4) is 0 Å². The maximum absolute atomic E-state index is 12.1. The Hall–Kier alpha value is -1.35. The van der Waals surface area contributed by atoms with Crippen LogP contribution in [-0.2, 0) is 4.79 Å². The number of carbonyl (C=O) groups excluding carboxylic acids is 1. The normalized spacial score (nSPS) is 32.7. The van der Waals surface area contributed by atoms with Gasteiger partial charge in [0.15, 0.2) is 0 Å². The third-order valence-electron chi connectivity index (χ3n) is 3.94. The van der Waals surface area contributed by atoms with E-state index in [1.165, 1.54) is 12.8 Å². The van der Waals surface area contributed by atoms with E-state index in [0.29, 0.717) is 5.92 Å². The van der Waals surface area contributed by atoms with Crippen molar-refractivity contribution in [2.45, 2.75) is 31.3 Å². The summed E-state index contributed by atoms with van der Waals surface area (Å²) in [5.41, 5.74) is 1.15. The van der Waals surface area contributed by atoms with Crippen LogP contribution in [0.3, 0.4) is 0 Å². The number of nitrogens with one attached hydrogen (secondary N) is 2. The van der Waals surface area contributed by atoms with Crippen LogP contribution in [0.4, 0.5) is 0 Å². The van der Waals surface area contributed by atoms with Crippen LogP contribution in [0.15, 0.2) is 30.3 Å². The van der Waals surface area contributed by atoms with E-state index >= 15 is 0 Å². The van der Waals surface area contributed by atoms with Gasteiger partial charge in [-0.15, -0.1) is 0 Å². The van der Waals surface area contributed by atoms with Crippen molar-refractivity contribution in [3.63, 3.8) is 0 Å². The lowest BCUT2D eigenvalue weighted by Crippen LogP contribution is -2.58. The highest BCUT2D eigenvalue weighted by molar-refractivity contribution is 5.84. The Bertz CT molecular complexity index is 404. The minimum atomic E-state index is 0.0392. The molecule has 1 amide bonds. The number of carbonyl (C=O) groups is 1. The molecule has 90 valence electrons. The molecule has 2 aliphatic heterocycles. The quantitative estimate of drug-likeness (QED) is 0.769. The van der Waals surface area contributed by atoms with E-state index in [9.17, 15) is 4.79 Å². The molecule has 3 nitrogen and oxygen atoms in total. The van der Waals surface area contributed by atoms with E-state index in [0.717, 1.165) is 18.5 Å². The SMILES string of the molecule is O=C1NC2NCCCC2CC1c1ccccc1. The summed E-state index contributed by atoms with van der Waals surface area (Å²) in [7, 11) is 0. The highest BCUT2D eigenvalue weighted by atomic mass is 16.2. The first kappa shape index (κ1) is 10.8. The van der Waals surface area contributed by atoms with Crippen LogP contribution in [-0.4, -0.2) is 18.6 Å². The molecule has 2 heterocycles. The van der Waals surface area contributed by atoms with Crippen molar-refractivity contribution in [2.24, 2.45) is 5.92 Å². The summed E-state index contributed by atoms with van der Waals surface area (Å²) in [6.45, 7) is 1.03. The summed E-state index contributed by atoms with van der Waals surface area (Å²) in [5.74, 6) is 0.802. The summed E-state index contributed by atoms with van der Waals surface area (Å²) < 4.78 is 0. The van der Waals surface area contributed by atoms with Gasteiger partial charge in [0.25, 0.3) is 0 Å². The zero-order chi connectivity index (χ0) is 11.7. The largest absolute Gasteiger partial charge is 0.340 e. The summed E-state index contributed by atoms with van der Waals surface area (Å²) >= 11 is 0. The number of hydrogen-bond acceptors (Lipinski definition) is 2. The first-order valence-corrected chi connectivity index (χ1v) is 6.43. The van der Waals surface area contributed by atoms with E-state index in [-0.39, 0.29) is 18.0 Å². The standard InChI is InChI=1S/C14H18N2O/c17-14-12(10-5-2-1-3-6-10)9-11-7-4-8-15-13(11)16-14/h1-3,5-6,11-13,15H,4,7-9H2,(H,16,17). The molecule has 3 heteroatoms. The molecule has 1 aromatic carbocycles. The fourth-order valence-corrected chi connectivity index (χ4v) is 3.01. The Balaban J connectivity index is 1.80. The van der Waals surface area contributed by atoms with Crippen LogP contribution < -0.4 is 10.6 Å². The monoisotopic (exact) mass is 230 g/mol. The molecule has 2 N–H and O–H groups in total. The third-order valence-corrected chi connectivity index (χ3v) is 3.94. The first-order chi connectivity index (χ1) is 8.34. The van der Waals surface area contributed by atoms with Gasteiger partial charge < -0.3 is 5.32 Å². The van der Waals surface area contributed by atoms with Crippen LogP contribution in [0.25, 0.3) is 0 Å². The molecule has 3 unspecified atom stereocenters. The summed E-state index contributed by atoms with van der Waals surface area (Å²) in [5, 5.41) is 6.51. The Morgan fingerprint density at radius 2 is 2.00 bits per heavy atom. The number of rotatable bonds is 1. The van der Waals surface area contributed by atoms with Crippen LogP contribution in [0.1, 0.15) is 30.7 Å². The lowest BCUT2D eigenvalue weighted by molar-refractivity contribution is -0.127. The zero-order valence-electron chi connectivity index (χ0n) is 9.86. The number of amides is 1. The molecule has 2 aliphatic rings. The van der Waals surface area contributed by atoms with E-state index in [1.807, 2.05) is 18.2 Å². The van der Waals surface area contributed by atoms with Gasteiger partial charge in [0.1, 0.15) is 0 Å². The second-order valence-electron chi connectivity index (χ2n) is 5.04. The van der Waals surface area contributed by atoms with Crippen LogP contribution >= 0.6 is 0 Å². The third kappa shape index (κ3) is 2.07. The van der Waals surface area contributed by atoms with Crippen molar-refractivity contribution in [1.29, 1.82) is 0 Å². The molecule has 0 aromatic heterocycles. The first-order valence-electron chi connectivity index (χ1n) is 6.43. The van der Waals surface area contributed by atoms with E-state index in [1.54, 1.807) is 0 Å². The van der Waals surface area contributed by atoms with Gasteiger partial charge >= 0.3 is 0 Å². The summed E-state index contributed by atoms with van der Waals surface area (Å²) in [4.78, 5) is 12.1. The van der Waals surface area contributed by atoms with Crippen LogP contribution in [0, 0.1) is 5.92 Å². The zero-order valence-corrected chi connectivity index (χ0v) is 9.86. The molecule has 2 saturated heterocycles. The van der Waals surface area contributed by atoms with Gasteiger partial charge in [-0.2, -0.15) is 0 Å². The second kappa shape index (κ2) is 4.49. The van der Waals surface area contributed by atoms with Gasteiger partial charge in [0.2, 0.25) is 5.91 Å². The topological polar surface area (TPSA) is 41.1 Å². The molecule has 2 fully saturated rings. The van der Waals surface area contributed by atoms with Crippen molar-refractivity contribution >= 4 is 5.91 Å². The Kier molecular flexibility index (Phi) is 2.85. The lowest BCUT2D eigenvalue weighted by Gasteiger charge is -2.40. The molecule has 1 aromatic rings.